The molecule has 1 fully saturated rings. The maximum Gasteiger partial charge on any atom is 0.410 e. The number of halogens is 2. The molecule has 0 unspecified atom stereocenters. The minimum atomic E-state index is -3.76. The highest BCUT2D eigenvalue weighted by atomic mass is 32.2. The van der Waals surface area contributed by atoms with Crippen LogP contribution in [0.3, 0.4) is 0 Å². The Labute approximate surface area is 145 Å². The zero-order valence-electron chi connectivity index (χ0n) is 14.5. The van der Waals surface area contributed by atoms with E-state index in [2.05, 4.69) is 0 Å². The smallest absolute Gasteiger partial charge is 0.410 e. The molecular weight excluding hydrogens is 356 g/mol. The molecule has 1 aliphatic rings. The van der Waals surface area contributed by atoms with Gasteiger partial charge in [0, 0.05) is 12.0 Å². The van der Waals surface area contributed by atoms with E-state index >= 15 is 0 Å². The van der Waals surface area contributed by atoms with E-state index in [4.69, 9.17) is 8.92 Å². The molecule has 2 atom stereocenters. The van der Waals surface area contributed by atoms with Gasteiger partial charge in [0.25, 0.3) is 10.1 Å². The highest BCUT2D eigenvalue weighted by Crippen LogP contribution is 2.36. The topological polar surface area (TPSA) is 72.9 Å². The molecule has 1 saturated heterocycles. The summed E-state index contributed by atoms with van der Waals surface area (Å²) in [4.78, 5) is 13.6. The first-order chi connectivity index (χ1) is 11.4. The van der Waals surface area contributed by atoms with Crippen molar-refractivity contribution in [2.75, 3.05) is 12.8 Å². The van der Waals surface area contributed by atoms with Crippen molar-refractivity contribution in [3.63, 3.8) is 0 Å². The van der Waals surface area contributed by atoms with E-state index in [-0.39, 0.29) is 18.5 Å². The van der Waals surface area contributed by atoms with Gasteiger partial charge in [-0.3, -0.25) is 9.08 Å². The van der Waals surface area contributed by atoms with Crippen LogP contribution >= 0.6 is 0 Å². The van der Waals surface area contributed by atoms with Gasteiger partial charge in [0.15, 0.2) is 0 Å². The number of ether oxygens (including phenoxy) is 1. The van der Waals surface area contributed by atoms with E-state index < -0.39 is 45.6 Å². The summed E-state index contributed by atoms with van der Waals surface area (Å²) in [6, 6.07) is 2.02. The van der Waals surface area contributed by atoms with Crippen LogP contribution in [0.2, 0.25) is 0 Å². The standard InChI is InChI=1S/C16H21F2NO5S/c1-16(2,3)23-15(20)19-9-11(24-25(4,21)22)8-14(19)12-7-10(17)5-6-13(12)18/h5-7,11,14H,8-9H2,1-4H3/t11-,14-/m1/s1. The van der Waals surface area contributed by atoms with Crippen molar-refractivity contribution in [2.45, 2.75) is 44.9 Å². The third-order valence-corrected chi connectivity index (χ3v) is 4.14. The van der Waals surface area contributed by atoms with Crippen molar-refractivity contribution in [3.8, 4) is 0 Å². The molecule has 0 bridgehead atoms. The zero-order chi connectivity index (χ0) is 19.0. The second-order valence-corrected chi connectivity index (χ2v) is 8.57. The fourth-order valence-electron chi connectivity index (χ4n) is 2.70. The van der Waals surface area contributed by atoms with Crippen LogP contribution in [0.25, 0.3) is 0 Å². The summed E-state index contributed by atoms with van der Waals surface area (Å²) < 4.78 is 60.7. The predicted octanol–water partition coefficient (Wildman–Crippen LogP) is 2.99. The molecule has 1 heterocycles. The van der Waals surface area contributed by atoms with E-state index in [1.807, 2.05) is 0 Å². The first kappa shape index (κ1) is 19.6. The monoisotopic (exact) mass is 377 g/mol. The van der Waals surface area contributed by atoms with E-state index in [0.29, 0.717) is 0 Å². The highest BCUT2D eigenvalue weighted by molar-refractivity contribution is 7.86. The first-order valence-electron chi connectivity index (χ1n) is 7.68. The molecule has 0 aliphatic carbocycles. The minimum absolute atomic E-state index is 0.00663. The molecule has 0 N–H and O–H groups in total. The number of nitrogens with zero attached hydrogens (tertiary/aromatic N) is 1. The van der Waals surface area contributed by atoms with Crippen LogP contribution in [0.15, 0.2) is 18.2 Å². The maximum atomic E-state index is 14.2. The summed E-state index contributed by atoms with van der Waals surface area (Å²) in [6.45, 7) is 4.90. The van der Waals surface area contributed by atoms with Gasteiger partial charge in [-0.25, -0.2) is 13.6 Å². The molecule has 0 radical (unpaired) electrons. The van der Waals surface area contributed by atoms with Crippen LogP contribution in [0.1, 0.15) is 38.8 Å². The maximum absolute atomic E-state index is 14.2. The highest BCUT2D eigenvalue weighted by Gasteiger charge is 2.41. The normalized spacial score (nSPS) is 21.4. The second-order valence-electron chi connectivity index (χ2n) is 6.97. The molecule has 25 heavy (non-hydrogen) atoms. The average molecular weight is 377 g/mol. The van der Waals surface area contributed by atoms with Crippen molar-refractivity contribution >= 4 is 16.2 Å². The Kier molecular flexibility index (Phi) is 5.38. The van der Waals surface area contributed by atoms with Gasteiger partial charge in [0.05, 0.1) is 24.9 Å². The summed E-state index contributed by atoms with van der Waals surface area (Å²) in [5.41, 5.74) is -0.844. The quantitative estimate of drug-likeness (QED) is 0.757. The van der Waals surface area contributed by atoms with Crippen LogP contribution in [-0.4, -0.2) is 43.9 Å². The van der Waals surface area contributed by atoms with E-state index in [1.54, 1.807) is 20.8 Å². The van der Waals surface area contributed by atoms with E-state index in [0.717, 1.165) is 24.5 Å². The first-order valence-corrected chi connectivity index (χ1v) is 9.50. The molecule has 2 rings (SSSR count). The van der Waals surface area contributed by atoms with Gasteiger partial charge in [-0.05, 0) is 39.0 Å². The van der Waals surface area contributed by atoms with Crippen LogP contribution in [0.5, 0.6) is 0 Å². The molecule has 0 saturated carbocycles. The van der Waals surface area contributed by atoms with E-state index in [9.17, 15) is 22.0 Å². The number of carbonyl (C=O) groups is 1. The Morgan fingerprint density at radius 2 is 1.92 bits per heavy atom. The second kappa shape index (κ2) is 6.87. The van der Waals surface area contributed by atoms with Crippen molar-refractivity contribution < 1.29 is 30.9 Å². The van der Waals surface area contributed by atoms with Gasteiger partial charge in [0.1, 0.15) is 17.2 Å². The number of carbonyl (C=O) groups excluding carboxylic acids is 1. The molecule has 0 spiro atoms. The Morgan fingerprint density at radius 3 is 2.48 bits per heavy atom. The van der Waals surface area contributed by atoms with Crippen LogP contribution < -0.4 is 0 Å². The fraction of sp³-hybridized carbons (Fsp3) is 0.562. The Hall–Kier alpha value is -1.74. The average Bonchev–Trinajstić information content (AvgIpc) is 2.81. The van der Waals surface area contributed by atoms with Crippen molar-refractivity contribution in [1.82, 2.24) is 4.90 Å². The summed E-state index contributed by atoms with van der Waals surface area (Å²) in [7, 11) is -3.76. The lowest BCUT2D eigenvalue weighted by Crippen LogP contribution is -2.37. The minimum Gasteiger partial charge on any atom is -0.444 e. The largest absolute Gasteiger partial charge is 0.444 e. The van der Waals surface area contributed by atoms with Gasteiger partial charge in [-0.15, -0.1) is 0 Å². The number of hydrogen-bond acceptors (Lipinski definition) is 5. The van der Waals surface area contributed by atoms with Gasteiger partial charge < -0.3 is 4.74 Å². The number of benzene rings is 1. The van der Waals surface area contributed by atoms with Crippen molar-refractivity contribution in [3.05, 3.63) is 35.4 Å². The lowest BCUT2D eigenvalue weighted by molar-refractivity contribution is 0.0208. The Morgan fingerprint density at radius 1 is 1.28 bits per heavy atom. The van der Waals surface area contributed by atoms with E-state index in [1.165, 1.54) is 4.90 Å². The summed E-state index contributed by atoms with van der Waals surface area (Å²) in [5.74, 6) is -1.35. The third-order valence-electron chi connectivity index (χ3n) is 3.52. The van der Waals surface area contributed by atoms with Crippen LogP contribution in [-0.2, 0) is 19.0 Å². The molecule has 0 aromatic heterocycles. The van der Waals surface area contributed by atoms with Crippen LogP contribution in [0.4, 0.5) is 13.6 Å². The predicted molar refractivity (Wildman–Crippen MR) is 86.4 cm³/mol. The van der Waals surface area contributed by atoms with Crippen molar-refractivity contribution in [1.29, 1.82) is 0 Å². The molecule has 9 heteroatoms. The molecule has 140 valence electrons. The summed E-state index contributed by atoms with van der Waals surface area (Å²) in [5, 5.41) is 0. The number of hydrogen-bond donors (Lipinski definition) is 0. The van der Waals surface area contributed by atoms with Gasteiger partial charge >= 0.3 is 6.09 Å². The lowest BCUT2D eigenvalue weighted by Gasteiger charge is -2.28. The number of likely N-dealkylation sites (tertiary alicyclic amines) is 1. The molecule has 1 aromatic carbocycles. The summed E-state index contributed by atoms with van der Waals surface area (Å²) in [6.07, 6.45) is -0.718. The molecule has 1 amide bonds. The van der Waals surface area contributed by atoms with Crippen molar-refractivity contribution in [2.24, 2.45) is 0 Å². The Balaban J connectivity index is 2.34. The van der Waals surface area contributed by atoms with Crippen LogP contribution in [0, 0.1) is 11.6 Å². The van der Waals surface area contributed by atoms with Gasteiger partial charge in [0.2, 0.25) is 0 Å². The molecule has 1 aliphatic heterocycles. The SMILES string of the molecule is CC(C)(C)OC(=O)N1C[C@H](OS(C)(=O)=O)C[C@@H]1c1cc(F)ccc1F. The molecule has 6 nitrogen and oxygen atoms in total. The number of amides is 1. The fourth-order valence-corrected chi connectivity index (χ4v) is 3.34. The summed E-state index contributed by atoms with van der Waals surface area (Å²) >= 11 is 0. The molecule has 1 aromatic rings. The van der Waals surface area contributed by atoms with Gasteiger partial charge in [-0.1, -0.05) is 0 Å². The van der Waals surface area contributed by atoms with Gasteiger partial charge in [-0.2, -0.15) is 8.42 Å². The third kappa shape index (κ3) is 5.37. The zero-order valence-corrected chi connectivity index (χ0v) is 15.3. The molecular formula is C16H21F2NO5S. The lowest BCUT2D eigenvalue weighted by atomic mass is 10.0. The Bertz CT molecular complexity index is 760. The number of rotatable bonds is 3.